The summed E-state index contributed by atoms with van der Waals surface area (Å²) in [5, 5.41) is 21.9. The van der Waals surface area contributed by atoms with E-state index >= 15 is 0 Å². The SMILES string of the molecule is O=C(O)c1cn(CCNC(=O)C2CCNCC2)nn1. The lowest BCUT2D eigenvalue weighted by Gasteiger charge is -2.21. The molecule has 19 heavy (non-hydrogen) atoms. The van der Waals surface area contributed by atoms with Crippen LogP contribution in [0.25, 0.3) is 0 Å². The first-order valence-electron chi connectivity index (χ1n) is 6.28. The molecule has 0 spiro atoms. The molecular weight excluding hydrogens is 250 g/mol. The second-order valence-corrected chi connectivity index (χ2v) is 4.49. The first-order valence-corrected chi connectivity index (χ1v) is 6.28. The summed E-state index contributed by atoms with van der Waals surface area (Å²) in [5.41, 5.74) is -0.0929. The number of piperidine rings is 1. The van der Waals surface area contributed by atoms with Crippen molar-refractivity contribution in [1.29, 1.82) is 0 Å². The number of carboxylic acid groups (broad SMARTS) is 1. The van der Waals surface area contributed by atoms with Gasteiger partial charge in [-0.2, -0.15) is 0 Å². The lowest BCUT2D eigenvalue weighted by molar-refractivity contribution is -0.125. The molecule has 1 fully saturated rings. The molecule has 1 amide bonds. The van der Waals surface area contributed by atoms with Gasteiger partial charge < -0.3 is 15.7 Å². The summed E-state index contributed by atoms with van der Waals surface area (Å²) < 4.78 is 1.41. The number of carboxylic acids is 1. The lowest BCUT2D eigenvalue weighted by atomic mass is 9.97. The van der Waals surface area contributed by atoms with Gasteiger partial charge in [0.05, 0.1) is 12.7 Å². The summed E-state index contributed by atoms with van der Waals surface area (Å²) in [6.07, 6.45) is 3.07. The molecule has 0 aromatic carbocycles. The Hall–Kier alpha value is -1.96. The Balaban J connectivity index is 1.73. The van der Waals surface area contributed by atoms with Gasteiger partial charge >= 0.3 is 5.97 Å². The number of rotatable bonds is 5. The molecule has 2 rings (SSSR count). The summed E-state index contributed by atoms with van der Waals surface area (Å²) in [4.78, 5) is 22.4. The standard InChI is InChI=1S/C11H17N5O3/c17-10(8-1-3-12-4-2-8)13-5-6-16-7-9(11(18)19)14-15-16/h7-8,12H,1-6H2,(H,13,17)(H,18,19). The zero-order valence-corrected chi connectivity index (χ0v) is 10.5. The number of hydrogen-bond acceptors (Lipinski definition) is 5. The fraction of sp³-hybridized carbons (Fsp3) is 0.636. The third-order valence-corrected chi connectivity index (χ3v) is 3.11. The van der Waals surface area contributed by atoms with Crippen molar-refractivity contribution in [1.82, 2.24) is 25.6 Å². The third-order valence-electron chi connectivity index (χ3n) is 3.11. The highest BCUT2D eigenvalue weighted by Gasteiger charge is 2.20. The first kappa shape index (κ1) is 13.5. The van der Waals surface area contributed by atoms with Gasteiger partial charge in [0.2, 0.25) is 5.91 Å². The minimum absolute atomic E-state index is 0.0556. The van der Waals surface area contributed by atoms with Crippen LogP contribution in [0.1, 0.15) is 23.3 Å². The molecule has 1 aliphatic heterocycles. The molecule has 104 valence electrons. The van der Waals surface area contributed by atoms with E-state index in [9.17, 15) is 9.59 Å². The smallest absolute Gasteiger partial charge is 0.358 e. The van der Waals surface area contributed by atoms with E-state index in [0.717, 1.165) is 25.9 Å². The van der Waals surface area contributed by atoms with Crippen LogP contribution in [0.5, 0.6) is 0 Å². The van der Waals surface area contributed by atoms with E-state index in [1.54, 1.807) is 0 Å². The van der Waals surface area contributed by atoms with Crippen molar-refractivity contribution in [2.75, 3.05) is 19.6 Å². The quantitative estimate of drug-likeness (QED) is 0.637. The van der Waals surface area contributed by atoms with Crippen LogP contribution in [0.15, 0.2) is 6.20 Å². The minimum atomic E-state index is -1.11. The molecular formula is C11H17N5O3. The molecule has 0 radical (unpaired) electrons. The summed E-state index contributed by atoms with van der Waals surface area (Å²) in [6, 6.07) is 0. The molecule has 0 saturated carbocycles. The fourth-order valence-electron chi connectivity index (χ4n) is 2.03. The van der Waals surface area contributed by atoms with E-state index in [-0.39, 0.29) is 17.5 Å². The molecule has 1 aliphatic rings. The highest BCUT2D eigenvalue weighted by Crippen LogP contribution is 2.10. The van der Waals surface area contributed by atoms with Crippen molar-refractivity contribution < 1.29 is 14.7 Å². The summed E-state index contributed by atoms with van der Waals surface area (Å²) in [7, 11) is 0. The zero-order chi connectivity index (χ0) is 13.7. The Morgan fingerprint density at radius 1 is 1.47 bits per heavy atom. The maximum Gasteiger partial charge on any atom is 0.358 e. The molecule has 1 saturated heterocycles. The molecule has 0 unspecified atom stereocenters. The second-order valence-electron chi connectivity index (χ2n) is 4.49. The zero-order valence-electron chi connectivity index (χ0n) is 10.5. The van der Waals surface area contributed by atoms with Crippen LogP contribution in [-0.4, -0.2) is 51.6 Å². The van der Waals surface area contributed by atoms with Gasteiger partial charge in [-0.05, 0) is 25.9 Å². The van der Waals surface area contributed by atoms with E-state index in [1.807, 2.05) is 0 Å². The van der Waals surface area contributed by atoms with Gasteiger partial charge in [0.1, 0.15) is 0 Å². The lowest BCUT2D eigenvalue weighted by Crippen LogP contribution is -2.39. The van der Waals surface area contributed by atoms with Crippen molar-refractivity contribution in [2.45, 2.75) is 19.4 Å². The molecule has 2 heterocycles. The average Bonchev–Trinajstić information content (AvgIpc) is 2.89. The van der Waals surface area contributed by atoms with Gasteiger partial charge in [-0.25, -0.2) is 9.48 Å². The van der Waals surface area contributed by atoms with Crippen LogP contribution in [0.2, 0.25) is 0 Å². The highest BCUT2D eigenvalue weighted by atomic mass is 16.4. The van der Waals surface area contributed by atoms with Crippen LogP contribution < -0.4 is 10.6 Å². The summed E-state index contributed by atoms with van der Waals surface area (Å²) in [5.74, 6) is -0.975. The highest BCUT2D eigenvalue weighted by molar-refractivity contribution is 5.84. The Bertz CT molecular complexity index is 453. The normalized spacial score (nSPS) is 16.2. The molecule has 1 aromatic rings. The predicted octanol–water partition coefficient (Wildman–Crippen LogP) is -0.908. The van der Waals surface area contributed by atoms with Gasteiger partial charge in [0.25, 0.3) is 0 Å². The van der Waals surface area contributed by atoms with Crippen molar-refractivity contribution >= 4 is 11.9 Å². The molecule has 3 N–H and O–H groups in total. The summed E-state index contributed by atoms with van der Waals surface area (Å²) in [6.45, 7) is 2.59. The van der Waals surface area contributed by atoms with Crippen molar-refractivity contribution in [3.05, 3.63) is 11.9 Å². The van der Waals surface area contributed by atoms with E-state index in [4.69, 9.17) is 5.11 Å². The van der Waals surface area contributed by atoms with Gasteiger partial charge in [-0.3, -0.25) is 4.79 Å². The number of carbonyl (C=O) groups excluding carboxylic acids is 1. The first-order chi connectivity index (χ1) is 9.16. The van der Waals surface area contributed by atoms with E-state index < -0.39 is 5.97 Å². The van der Waals surface area contributed by atoms with E-state index in [2.05, 4.69) is 20.9 Å². The van der Waals surface area contributed by atoms with Crippen molar-refractivity contribution in [3.63, 3.8) is 0 Å². The van der Waals surface area contributed by atoms with Gasteiger partial charge in [0.15, 0.2) is 5.69 Å². The van der Waals surface area contributed by atoms with Crippen molar-refractivity contribution in [2.24, 2.45) is 5.92 Å². The van der Waals surface area contributed by atoms with Crippen LogP contribution in [-0.2, 0) is 11.3 Å². The van der Waals surface area contributed by atoms with Gasteiger partial charge in [0, 0.05) is 12.5 Å². The molecule has 8 heteroatoms. The van der Waals surface area contributed by atoms with Gasteiger partial charge in [-0.15, -0.1) is 5.10 Å². The molecule has 8 nitrogen and oxygen atoms in total. The number of hydrogen-bond donors (Lipinski definition) is 3. The van der Waals surface area contributed by atoms with Gasteiger partial charge in [-0.1, -0.05) is 5.21 Å². The Kier molecular flexibility index (Phi) is 4.45. The number of aromatic carboxylic acids is 1. The van der Waals surface area contributed by atoms with Crippen LogP contribution >= 0.6 is 0 Å². The van der Waals surface area contributed by atoms with Crippen LogP contribution in [0.3, 0.4) is 0 Å². The number of aromatic nitrogens is 3. The number of amides is 1. The summed E-state index contributed by atoms with van der Waals surface area (Å²) >= 11 is 0. The van der Waals surface area contributed by atoms with Crippen LogP contribution in [0.4, 0.5) is 0 Å². The average molecular weight is 267 g/mol. The Morgan fingerprint density at radius 2 is 2.21 bits per heavy atom. The number of nitrogens with zero attached hydrogens (tertiary/aromatic N) is 3. The van der Waals surface area contributed by atoms with Crippen molar-refractivity contribution in [3.8, 4) is 0 Å². The predicted molar refractivity (Wildman–Crippen MR) is 65.6 cm³/mol. The monoisotopic (exact) mass is 267 g/mol. The maximum absolute atomic E-state index is 11.8. The molecule has 0 aliphatic carbocycles. The molecule has 0 bridgehead atoms. The number of nitrogens with one attached hydrogen (secondary N) is 2. The molecule has 0 atom stereocenters. The van der Waals surface area contributed by atoms with Crippen LogP contribution in [0, 0.1) is 5.92 Å². The topological polar surface area (TPSA) is 109 Å². The molecule has 1 aromatic heterocycles. The Labute approximate surface area is 110 Å². The van der Waals surface area contributed by atoms with E-state index in [1.165, 1.54) is 10.9 Å². The maximum atomic E-state index is 11.8. The Morgan fingerprint density at radius 3 is 2.84 bits per heavy atom. The van der Waals surface area contributed by atoms with E-state index in [0.29, 0.717) is 13.1 Å². The fourth-order valence-corrected chi connectivity index (χ4v) is 2.03. The number of carbonyl (C=O) groups is 2. The third kappa shape index (κ3) is 3.75. The largest absolute Gasteiger partial charge is 0.476 e. The second kappa shape index (κ2) is 6.28. The minimum Gasteiger partial charge on any atom is -0.476 e.